The van der Waals surface area contributed by atoms with Crippen LogP contribution in [0.5, 0.6) is 5.75 Å². The zero-order valence-electron chi connectivity index (χ0n) is 20.2. The third kappa shape index (κ3) is 5.06. The fourth-order valence-electron chi connectivity index (χ4n) is 4.15. The highest BCUT2D eigenvalue weighted by atomic mass is 35.5. The Morgan fingerprint density at radius 2 is 1.71 bits per heavy atom. The lowest BCUT2D eigenvalue weighted by Gasteiger charge is -2.22. The van der Waals surface area contributed by atoms with Crippen LogP contribution in [0.2, 0.25) is 5.02 Å². The van der Waals surface area contributed by atoms with Crippen molar-refractivity contribution < 1.29 is 17.9 Å². The molecule has 2 N–H and O–H groups in total. The minimum atomic E-state index is -3.50. The number of aromatic nitrogens is 1. The number of sulfone groups is 1. The van der Waals surface area contributed by atoms with Gasteiger partial charge in [-0.3, -0.25) is 4.79 Å². The normalized spacial score (nSPS) is 12.5. The molecule has 0 saturated heterocycles. The van der Waals surface area contributed by atoms with Crippen LogP contribution >= 0.6 is 11.6 Å². The number of anilines is 1. The van der Waals surface area contributed by atoms with Crippen LogP contribution in [0.1, 0.15) is 38.7 Å². The molecule has 4 aromatic rings. The molecule has 0 aliphatic heterocycles. The number of hydrogen-bond acceptors (Lipinski definition) is 5. The van der Waals surface area contributed by atoms with Crippen LogP contribution in [0.15, 0.2) is 59.6 Å². The molecule has 3 aromatic carbocycles. The van der Waals surface area contributed by atoms with Crippen molar-refractivity contribution in [2.75, 3.05) is 18.7 Å². The summed E-state index contributed by atoms with van der Waals surface area (Å²) in [5.41, 5.74) is 5.66. The Labute approximate surface area is 210 Å². The highest BCUT2D eigenvalue weighted by molar-refractivity contribution is 7.90. The van der Waals surface area contributed by atoms with Gasteiger partial charge in [-0.25, -0.2) is 8.42 Å². The third-order valence-corrected chi connectivity index (χ3v) is 7.55. The topological polar surface area (TPSA) is 88.3 Å². The molecule has 35 heavy (non-hydrogen) atoms. The third-order valence-electron chi connectivity index (χ3n) is 6.22. The molecule has 0 amide bonds. The number of fused-ring (bicyclic) bond motifs is 1. The molecule has 6 nitrogen and oxygen atoms in total. The standard InChI is InChI=1S/C27H27ClN2O4S/c1-15-9-23-24(14-29-25(23)10-16(15)2)27(31)26(22-7-6-18(28)8-17(22)3)30-19-11-20(34-4)13-21(12-19)35(5,32)33/h6-14,26,29-30H,1-5H3. The Kier molecular flexibility index (Phi) is 6.66. The predicted molar refractivity (Wildman–Crippen MR) is 141 cm³/mol. The van der Waals surface area contributed by atoms with E-state index in [1.807, 2.05) is 39.0 Å². The number of aryl methyl sites for hydroxylation is 3. The van der Waals surface area contributed by atoms with Gasteiger partial charge in [-0.05, 0) is 79.4 Å². The zero-order valence-corrected chi connectivity index (χ0v) is 21.8. The Morgan fingerprint density at radius 3 is 2.37 bits per heavy atom. The van der Waals surface area contributed by atoms with Crippen LogP contribution in [0.25, 0.3) is 10.9 Å². The second-order valence-corrected chi connectivity index (χ2v) is 11.2. The monoisotopic (exact) mass is 510 g/mol. The fourth-order valence-corrected chi connectivity index (χ4v) is 5.04. The molecule has 0 spiro atoms. The summed E-state index contributed by atoms with van der Waals surface area (Å²) in [6.45, 7) is 5.93. The number of H-pyrrole nitrogens is 1. The van der Waals surface area contributed by atoms with Gasteiger partial charge in [0, 0.05) is 45.7 Å². The molecule has 0 radical (unpaired) electrons. The Morgan fingerprint density at radius 1 is 1.00 bits per heavy atom. The molecule has 1 heterocycles. The maximum absolute atomic E-state index is 14.0. The molecular weight excluding hydrogens is 484 g/mol. The lowest BCUT2D eigenvalue weighted by Crippen LogP contribution is -2.22. The molecule has 4 rings (SSSR count). The Bertz CT molecular complexity index is 1560. The first-order valence-corrected chi connectivity index (χ1v) is 13.3. The summed E-state index contributed by atoms with van der Waals surface area (Å²) < 4.78 is 29.8. The SMILES string of the molecule is COc1cc(NC(C(=O)c2c[nH]c3cc(C)c(C)cc23)c2ccc(Cl)cc2C)cc(S(C)(=O)=O)c1. The second kappa shape index (κ2) is 9.40. The predicted octanol–water partition coefficient (Wildman–Crippen LogP) is 6.19. The van der Waals surface area contributed by atoms with Gasteiger partial charge >= 0.3 is 0 Å². The fraction of sp³-hybridized carbons (Fsp3) is 0.222. The van der Waals surface area contributed by atoms with Crippen molar-refractivity contribution in [3.63, 3.8) is 0 Å². The summed E-state index contributed by atoms with van der Waals surface area (Å²) in [4.78, 5) is 17.3. The summed E-state index contributed by atoms with van der Waals surface area (Å²) in [6.07, 6.45) is 2.85. The number of ketones is 1. The van der Waals surface area contributed by atoms with Gasteiger partial charge in [0.2, 0.25) is 0 Å². The number of nitrogens with one attached hydrogen (secondary N) is 2. The summed E-state index contributed by atoms with van der Waals surface area (Å²) in [5.74, 6) is 0.210. The maximum atomic E-state index is 14.0. The highest BCUT2D eigenvalue weighted by Gasteiger charge is 2.27. The van der Waals surface area contributed by atoms with E-state index in [1.165, 1.54) is 19.2 Å². The molecule has 182 valence electrons. The van der Waals surface area contributed by atoms with E-state index in [1.54, 1.807) is 24.4 Å². The quantitative estimate of drug-likeness (QED) is 0.289. The lowest BCUT2D eigenvalue weighted by molar-refractivity contribution is 0.0971. The number of Topliss-reactive ketones (excluding diaryl/α,β-unsaturated/α-hetero) is 1. The van der Waals surface area contributed by atoms with Crippen LogP contribution in [-0.2, 0) is 9.84 Å². The lowest BCUT2D eigenvalue weighted by atomic mass is 9.93. The maximum Gasteiger partial charge on any atom is 0.191 e. The minimum absolute atomic E-state index is 0.0940. The van der Waals surface area contributed by atoms with Crippen molar-refractivity contribution in [1.82, 2.24) is 4.98 Å². The molecule has 8 heteroatoms. The van der Waals surface area contributed by atoms with Gasteiger partial charge in [0.05, 0.1) is 12.0 Å². The second-order valence-electron chi connectivity index (χ2n) is 8.80. The molecule has 0 fully saturated rings. The van der Waals surface area contributed by atoms with E-state index >= 15 is 0 Å². The van der Waals surface area contributed by atoms with Crippen LogP contribution in [0, 0.1) is 20.8 Å². The average Bonchev–Trinajstić information content (AvgIpc) is 3.19. The first-order valence-electron chi connectivity index (χ1n) is 11.0. The van der Waals surface area contributed by atoms with Crippen molar-refractivity contribution in [2.24, 2.45) is 0 Å². The van der Waals surface area contributed by atoms with Crippen LogP contribution in [0.4, 0.5) is 5.69 Å². The van der Waals surface area contributed by atoms with Gasteiger partial charge in [0.15, 0.2) is 15.6 Å². The van der Waals surface area contributed by atoms with E-state index in [-0.39, 0.29) is 10.7 Å². The number of ether oxygens (including phenoxy) is 1. The van der Waals surface area contributed by atoms with E-state index < -0.39 is 15.9 Å². The Hall–Kier alpha value is -3.29. The van der Waals surface area contributed by atoms with E-state index in [9.17, 15) is 13.2 Å². The Balaban J connectivity index is 1.86. The van der Waals surface area contributed by atoms with E-state index in [4.69, 9.17) is 16.3 Å². The summed E-state index contributed by atoms with van der Waals surface area (Å²) >= 11 is 6.19. The van der Waals surface area contributed by atoms with Crippen molar-refractivity contribution in [3.05, 3.63) is 87.6 Å². The number of carbonyl (C=O) groups is 1. The highest BCUT2D eigenvalue weighted by Crippen LogP contribution is 2.33. The molecule has 1 atom stereocenters. The largest absolute Gasteiger partial charge is 0.497 e. The number of benzene rings is 3. The van der Waals surface area contributed by atoms with Crippen LogP contribution in [-0.4, -0.2) is 32.6 Å². The molecule has 0 saturated carbocycles. The van der Waals surface area contributed by atoms with Gasteiger partial charge in [-0.1, -0.05) is 17.7 Å². The van der Waals surface area contributed by atoms with E-state index in [0.717, 1.165) is 39.4 Å². The van der Waals surface area contributed by atoms with Gasteiger partial charge in [0.1, 0.15) is 11.8 Å². The molecular formula is C27H27ClN2O4S. The smallest absolute Gasteiger partial charge is 0.191 e. The van der Waals surface area contributed by atoms with Crippen LogP contribution in [0.3, 0.4) is 0 Å². The molecule has 1 aromatic heterocycles. The number of halogens is 1. The van der Waals surface area contributed by atoms with E-state index in [2.05, 4.69) is 10.3 Å². The molecule has 1 unspecified atom stereocenters. The van der Waals surface area contributed by atoms with Gasteiger partial charge < -0.3 is 15.0 Å². The van der Waals surface area contributed by atoms with Gasteiger partial charge in [-0.15, -0.1) is 0 Å². The van der Waals surface area contributed by atoms with Gasteiger partial charge in [-0.2, -0.15) is 0 Å². The first-order chi connectivity index (χ1) is 16.5. The molecule has 0 aliphatic carbocycles. The zero-order chi connectivity index (χ0) is 25.5. The summed E-state index contributed by atoms with van der Waals surface area (Å²) in [6, 6.07) is 13.2. The average molecular weight is 511 g/mol. The van der Waals surface area contributed by atoms with Crippen molar-refractivity contribution in [3.8, 4) is 5.75 Å². The first kappa shape index (κ1) is 24.8. The number of carbonyl (C=O) groups excluding carboxylic acids is 1. The number of aromatic amines is 1. The van der Waals surface area contributed by atoms with Crippen molar-refractivity contribution >= 4 is 43.8 Å². The van der Waals surface area contributed by atoms with Crippen molar-refractivity contribution in [1.29, 1.82) is 0 Å². The van der Waals surface area contributed by atoms with E-state index in [0.29, 0.717) is 22.0 Å². The molecule has 0 bridgehead atoms. The summed E-state index contributed by atoms with van der Waals surface area (Å²) in [7, 11) is -2.03. The summed E-state index contributed by atoms with van der Waals surface area (Å²) in [5, 5.41) is 4.67. The number of rotatable bonds is 7. The van der Waals surface area contributed by atoms with Crippen LogP contribution < -0.4 is 10.1 Å². The number of hydrogen-bond donors (Lipinski definition) is 2. The van der Waals surface area contributed by atoms with Gasteiger partial charge in [0.25, 0.3) is 0 Å². The minimum Gasteiger partial charge on any atom is -0.497 e. The molecule has 0 aliphatic rings. The van der Waals surface area contributed by atoms with Crippen molar-refractivity contribution in [2.45, 2.75) is 31.7 Å². The number of methoxy groups -OCH3 is 1.